The Bertz CT molecular complexity index is 1290. The molecule has 2 heterocycles. The van der Waals surface area contributed by atoms with Crippen LogP contribution in [0.25, 0.3) is 0 Å². The van der Waals surface area contributed by atoms with Crippen molar-refractivity contribution in [3.63, 3.8) is 0 Å². The standard InChI is InChI=1S/C24H42N4O14S3/c1-3-26(24(30)40-13-9-5-7-11-15-42-28(33)34)20-16-18(2)44(35,36)22-19(20)17-21(43-22)45(37,38)25-23(29)39-12-8-4-6-10-14-41-27(31)32/h17-18,20,31-34H,3-16H2,1-2H3,(H,25,29)/t18?,20-/m0/s1. The molecule has 0 radical (unpaired) electrons. The minimum Gasteiger partial charge on any atom is -0.449 e. The van der Waals surface area contributed by atoms with Gasteiger partial charge in [-0.3, -0.25) is 30.5 Å². The molecule has 18 nitrogen and oxygen atoms in total. The molecule has 1 aliphatic rings. The number of unbranched alkanes of at least 4 members (excludes halogenated alkanes) is 6. The maximum Gasteiger partial charge on any atom is 0.421 e. The van der Waals surface area contributed by atoms with E-state index < -0.39 is 47.5 Å². The highest BCUT2D eigenvalue weighted by molar-refractivity contribution is 7.95. The molecule has 21 heteroatoms. The third-order valence-electron chi connectivity index (χ3n) is 6.79. The lowest BCUT2D eigenvalue weighted by Gasteiger charge is -2.35. The number of carbonyl (C=O) groups is 2. The van der Waals surface area contributed by atoms with Crippen LogP contribution in [0.4, 0.5) is 9.59 Å². The molecule has 0 fully saturated rings. The Balaban J connectivity index is 2.00. The van der Waals surface area contributed by atoms with Crippen molar-refractivity contribution in [3.05, 3.63) is 11.6 Å². The summed E-state index contributed by atoms with van der Waals surface area (Å²) >= 11 is 0.492. The molecule has 45 heavy (non-hydrogen) atoms. The van der Waals surface area contributed by atoms with Crippen LogP contribution in [0.3, 0.4) is 0 Å². The first-order valence-electron chi connectivity index (χ1n) is 14.3. The first kappa shape index (κ1) is 39.0. The minimum absolute atomic E-state index is 0.0150. The van der Waals surface area contributed by atoms with Crippen LogP contribution in [-0.2, 0) is 39.0 Å². The van der Waals surface area contributed by atoms with E-state index in [0.717, 1.165) is 6.07 Å². The Labute approximate surface area is 265 Å². The van der Waals surface area contributed by atoms with Gasteiger partial charge >= 0.3 is 12.2 Å². The number of fused-ring (bicyclic) bond motifs is 1. The van der Waals surface area contributed by atoms with Gasteiger partial charge in [-0.05, 0) is 64.9 Å². The number of sulfone groups is 1. The number of ether oxygens (including phenoxy) is 2. The normalized spacial score (nSPS) is 17.7. The lowest BCUT2D eigenvalue weighted by atomic mass is 10.0. The fourth-order valence-electron chi connectivity index (χ4n) is 4.48. The average molecular weight is 707 g/mol. The molecule has 0 bridgehead atoms. The van der Waals surface area contributed by atoms with Crippen molar-refractivity contribution in [2.45, 2.75) is 91.3 Å². The van der Waals surface area contributed by atoms with Crippen LogP contribution in [0.1, 0.15) is 83.2 Å². The molecule has 0 saturated carbocycles. The first-order valence-corrected chi connectivity index (χ1v) is 18.2. The van der Waals surface area contributed by atoms with Crippen molar-refractivity contribution in [1.82, 2.24) is 20.4 Å². The molecule has 260 valence electrons. The maximum absolute atomic E-state index is 13.1. The maximum atomic E-state index is 13.1. The number of thiophene rings is 1. The van der Waals surface area contributed by atoms with Crippen molar-refractivity contribution in [1.29, 1.82) is 0 Å². The minimum atomic E-state index is -4.51. The van der Waals surface area contributed by atoms with E-state index in [1.807, 2.05) is 0 Å². The van der Waals surface area contributed by atoms with Gasteiger partial charge in [-0.25, -0.2) is 31.1 Å². The van der Waals surface area contributed by atoms with E-state index in [1.165, 1.54) is 11.8 Å². The smallest absolute Gasteiger partial charge is 0.421 e. The SMILES string of the molecule is CCN(C(=O)OCCCCCCON(O)O)[C@H]1CC(C)S(=O)(=O)c2sc(S(=O)(=O)NC(=O)OCCCCCCON(O)O)cc21. The zero-order valence-corrected chi connectivity index (χ0v) is 27.5. The van der Waals surface area contributed by atoms with Crippen molar-refractivity contribution in [3.8, 4) is 0 Å². The lowest BCUT2D eigenvalue weighted by molar-refractivity contribution is -0.492. The fourth-order valence-corrected chi connectivity index (χ4v) is 9.35. The zero-order valence-electron chi connectivity index (χ0n) is 25.1. The van der Waals surface area contributed by atoms with Gasteiger partial charge in [0.2, 0.25) is 0 Å². The van der Waals surface area contributed by atoms with Gasteiger partial charge in [0.15, 0.2) is 9.84 Å². The van der Waals surface area contributed by atoms with Gasteiger partial charge in [-0.1, -0.05) is 12.8 Å². The molecule has 0 spiro atoms. The van der Waals surface area contributed by atoms with Crippen LogP contribution < -0.4 is 4.72 Å². The quantitative estimate of drug-likeness (QED) is 0.0964. The molecular weight excluding hydrogens is 664 g/mol. The molecular formula is C24H42N4O14S3. The second kappa shape index (κ2) is 18.8. The Morgan fingerprint density at radius 2 is 1.42 bits per heavy atom. The van der Waals surface area contributed by atoms with Gasteiger partial charge in [0.25, 0.3) is 10.0 Å². The van der Waals surface area contributed by atoms with Crippen molar-refractivity contribution >= 4 is 43.4 Å². The van der Waals surface area contributed by atoms with Crippen molar-refractivity contribution < 1.29 is 66.4 Å². The second-order valence-corrected chi connectivity index (χ2v) is 15.6. The van der Waals surface area contributed by atoms with Crippen LogP contribution in [0, 0.1) is 0 Å². The molecule has 2 rings (SSSR count). The molecule has 2 atom stereocenters. The Morgan fingerprint density at radius 3 is 1.93 bits per heavy atom. The van der Waals surface area contributed by atoms with Crippen molar-refractivity contribution in [2.24, 2.45) is 0 Å². The van der Waals surface area contributed by atoms with E-state index in [4.69, 9.17) is 30.3 Å². The highest BCUT2D eigenvalue weighted by Crippen LogP contribution is 2.45. The van der Waals surface area contributed by atoms with E-state index in [9.17, 15) is 26.4 Å². The summed E-state index contributed by atoms with van der Waals surface area (Å²) < 4.78 is 63.8. The van der Waals surface area contributed by atoms with E-state index >= 15 is 0 Å². The number of amides is 2. The summed E-state index contributed by atoms with van der Waals surface area (Å²) in [6.45, 7) is 3.50. The fraction of sp³-hybridized carbons (Fsp3) is 0.750. The van der Waals surface area contributed by atoms with Crippen molar-refractivity contribution in [2.75, 3.05) is 33.0 Å². The molecule has 0 aromatic carbocycles. The van der Waals surface area contributed by atoms with Crippen LogP contribution in [0.15, 0.2) is 14.5 Å². The van der Waals surface area contributed by atoms with Gasteiger partial charge in [0.05, 0.1) is 48.5 Å². The topological polar surface area (TPSA) is 242 Å². The predicted octanol–water partition coefficient (Wildman–Crippen LogP) is 3.37. The summed E-state index contributed by atoms with van der Waals surface area (Å²) in [7, 11) is -8.42. The molecule has 5 N–H and O–H groups in total. The average Bonchev–Trinajstić information content (AvgIpc) is 3.42. The Hall–Kier alpha value is -2.18. The molecule has 2 amide bonds. The van der Waals surface area contributed by atoms with Crippen LogP contribution >= 0.6 is 11.3 Å². The Morgan fingerprint density at radius 1 is 0.911 bits per heavy atom. The zero-order chi connectivity index (χ0) is 33.6. The van der Waals surface area contributed by atoms with E-state index in [2.05, 4.69) is 9.68 Å². The van der Waals surface area contributed by atoms with Crippen LogP contribution in [0.2, 0.25) is 0 Å². The van der Waals surface area contributed by atoms with Gasteiger partial charge in [0.1, 0.15) is 8.42 Å². The predicted molar refractivity (Wildman–Crippen MR) is 153 cm³/mol. The summed E-state index contributed by atoms with van der Waals surface area (Å²) in [6.07, 6.45) is 2.67. The largest absolute Gasteiger partial charge is 0.449 e. The Kier molecular flexibility index (Phi) is 16.3. The number of carbonyl (C=O) groups excluding carboxylic acids is 2. The third kappa shape index (κ3) is 12.5. The van der Waals surface area contributed by atoms with Gasteiger partial charge < -0.3 is 14.4 Å². The summed E-state index contributed by atoms with van der Waals surface area (Å²) in [4.78, 5) is 35.4. The number of sulfonamides is 1. The molecule has 1 aromatic rings. The molecule has 1 aliphatic heterocycles. The molecule has 1 aromatic heterocycles. The van der Waals surface area contributed by atoms with E-state index in [-0.39, 0.29) is 59.9 Å². The monoisotopic (exact) mass is 706 g/mol. The summed E-state index contributed by atoms with van der Waals surface area (Å²) in [5.41, 5.74) is 0.127. The second-order valence-electron chi connectivity index (χ2n) is 10.1. The van der Waals surface area contributed by atoms with Gasteiger partial charge in [0, 0.05) is 12.1 Å². The molecule has 1 unspecified atom stereocenters. The van der Waals surface area contributed by atoms with Crippen LogP contribution in [0.5, 0.6) is 0 Å². The summed E-state index contributed by atoms with van der Waals surface area (Å²) in [5.74, 6) is 0. The van der Waals surface area contributed by atoms with E-state index in [0.29, 0.717) is 62.7 Å². The van der Waals surface area contributed by atoms with E-state index in [1.54, 1.807) is 11.6 Å². The number of hydrogen-bond acceptors (Lipinski definition) is 17. The molecule has 0 saturated heterocycles. The number of nitrogens with one attached hydrogen (secondary N) is 1. The number of nitrogens with zero attached hydrogens (tertiary/aromatic N) is 3. The highest BCUT2D eigenvalue weighted by atomic mass is 32.3. The number of rotatable bonds is 20. The highest BCUT2D eigenvalue weighted by Gasteiger charge is 2.43. The first-order chi connectivity index (χ1) is 21.2. The summed E-state index contributed by atoms with van der Waals surface area (Å²) in [5, 5.41) is 32.2. The van der Waals surface area contributed by atoms with Gasteiger partial charge in [-0.2, -0.15) is 0 Å². The number of hydrogen-bond donors (Lipinski definition) is 5. The van der Waals surface area contributed by atoms with Gasteiger partial charge in [-0.15, -0.1) is 11.3 Å². The summed E-state index contributed by atoms with van der Waals surface area (Å²) in [6, 6.07) is 0.368. The van der Waals surface area contributed by atoms with Crippen LogP contribution in [-0.4, -0.2) is 104 Å². The lowest BCUT2D eigenvalue weighted by Crippen LogP contribution is -2.40. The molecule has 0 aliphatic carbocycles. The third-order valence-corrected chi connectivity index (χ3v) is 12.5.